The van der Waals surface area contributed by atoms with E-state index in [2.05, 4.69) is 42.4 Å². The highest BCUT2D eigenvalue weighted by atomic mass is 16.5. The maximum atomic E-state index is 12.3. The molecule has 0 bridgehead atoms. The molecule has 0 aliphatic heterocycles. The van der Waals surface area contributed by atoms with E-state index in [4.69, 9.17) is 4.74 Å². The van der Waals surface area contributed by atoms with Crippen molar-refractivity contribution in [1.82, 2.24) is 9.78 Å². The van der Waals surface area contributed by atoms with Crippen LogP contribution in [-0.4, -0.2) is 22.4 Å². The molecule has 1 fully saturated rings. The lowest BCUT2D eigenvalue weighted by Crippen LogP contribution is -2.09. The Hall–Kier alpha value is -2.36. The van der Waals surface area contributed by atoms with Crippen molar-refractivity contribution in [3.63, 3.8) is 0 Å². The summed E-state index contributed by atoms with van der Waals surface area (Å²) in [5, 5.41) is 4.55. The molecule has 0 amide bonds. The first-order chi connectivity index (χ1) is 12.7. The van der Waals surface area contributed by atoms with Crippen molar-refractivity contribution < 1.29 is 9.53 Å². The lowest BCUT2D eigenvalue weighted by atomic mass is 9.88. The lowest BCUT2D eigenvalue weighted by Gasteiger charge is -2.19. The van der Waals surface area contributed by atoms with Crippen LogP contribution in [0.25, 0.3) is 11.3 Å². The van der Waals surface area contributed by atoms with Gasteiger partial charge in [0.25, 0.3) is 0 Å². The van der Waals surface area contributed by atoms with Crippen molar-refractivity contribution >= 4 is 11.5 Å². The molecule has 26 heavy (non-hydrogen) atoms. The van der Waals surface area contributed by atoms with Gasteiger partial charge in [0.2, 0.25) is 0 Å². The second kappa shape index (κ2) is 7.10. The summed E-state index contributed by atoms with van der Waals surface area (Å²) < 4.78 is 7.17. The number of hydrogen-bond donors (Lipinski definition) is 0. The van der Waals surface area contributed by atoms with E-state index >= 15 is 0 Å². The molecule has 2 aliphatic rings. The van der Waals surface area contributed by atoms with Crippen LogP contribution < -0.4 is 0 Å². The van der Waals surface area contributed by atoms with Gasteiger partial charge in [-0.05, 0) is 68.2 Å². The zero-order chi connectivity index (χ0) is 18.1. The monoisotopic (exact) mass is 350 g/mol. The first-order valence-electron chi connectivity index (χ1n) is 9.74. The summed E-state index contributed by atoms with van der Waals surface area (Å²) in [5.41, 5.74) is 5.34. The van der Waals surface area contributed by atoms with Gasteiger partial charge >= 0.3 is 5.97 Å². The molecule has 2 aromatic rings. The Morgan fingerprint density at radius 3 is 2.88 bits per heavy atom. The Labute approximate surface area is 154 Å². The third kappa shape index (κ3) is 3.33. The highest BCUT2D eigenvalue weighted by molar-refractivity contribution is 5.91. The van der Waals surface area contributed by atoms with Gasteiger partial charge in [-0.3, -0.25) is 0 Å². The van der Waals surface area contributed by atoms with Crippen molar-refractivity contribution in [2.24, 2.45) is 5.92 Å². The van der Waals surface area contributed by atoms with Crippen molar-refractivity contribution in [2.75, 3.05) is 6.61 Å². The zero-order valence-corrected chi connectivity index (χ0v) is 15.6. The van der Waals surface area contributed by atoms with Crippen LogP contribution in [0.4, 0.5) is 0 Å². The van der Waals surface area contributed by atoms with Crippen LogP contribution in [-0.2, 0) is 4.74 Å². The summed E-state index contributed by atoms with van der Waals surface area (Å²) in [7, 11) is 0. The van der Waals surface area contributed by atoms with Crippen LogP contribution in [0.5, 0.6) is 0 Å². The van der Waals surface area contributed by atoms with Crippen LogP contribution >= 0.6 is 0 Å². The molecule has 4 heteroatoms. The number of rotatable bonds is 5. The minimum atomic E-state index is -0.263. The Morgan fingerprint density at radius 1 is 1.31 bits per heavy atom. The number of benzene rings is 1. The van der Waals surface area contributed by atoms with Crippen molar-refractivity contribution in [3.05, 3.63) is 53.4 Å². The number of allylic oxidation sites excluding steroid dienone is 2. The highest BCUT2D eigenvalue weighted by Crippen LogP contribution is 2.43. The maximum absolute atomic E-state index is 12.3. The summed E-state index contributed by atoms with van der Waals surface area (Å²) in [4.78, 5) is 12.3. The first kappa shape index (κ1) is 17.1. The fraction of sp³-hybridized carbons (Fsp3) is 0.455. The molecule has 0 radical (unpaired) electrons. The van der Waals surface area contributed by atoms with Gasteiger partial charge in [-0.15, -0.1) is 0 Å². The third-order valence-corrected chi connectivity index (χ3v) is 5.32. The van der Waals surface area contributed by atoms with E-state index < -0.39 is 0 Å². The summed E-state index contributed by atoms with van der Waals surface area (Å²) >= 11 is 0. The van der Waals surface area contributed by atoms with Crippen LogP contribution in [0.1, 0.15) is 73.5 Å². The quantitative estimate of drug-likeness (QED) is 0.702. The van der Waals surface area contributed by atoms with Gasteiger partial charge in [0, 0.05) is 5.92 Å². The molecule has 0 saturated heterocycles. The summed E-state index contributed by atoms with van der Waals surface area (Å²) in [5.74, 6) is 0.791. The molecular formula is C22H26N2O2. The van der Waals surface area contributed by atoms with Gasteiger partial charge in [0.15, 0.2) is 0 Å². The van der Waals surface area contributed by atoms with E-state index in [9.17, 15) is 4.79 Å². The number of ether oxygens (including phenoxy) is 1. The number of carbonyl (C=O) groups excluding carboxylic acids is 1. The largest absolute Gasteiger partial charge is 0.462 e. The maximum Gasteiger partial charge on any atom is 0.341 e. The fourth-order valence-corrected chi connectivity index (χ4v) is 3.88. The van der Waals surface area contributed by atoms with E-state index in [0.717, 1.165) is 30.6 Å². The highest BCUT2D eigenvalue weighted by Gasteiger charge is 2.33. The van der Waals surface area contributed by atoms with Gasteiger partial charge < -0.3 is 4.74 Å². The smallest absolute Gasteiger partial charge is 0.341 e. The zero-order valence-electron chi connectivity index (χ0n) is 15.6. The molecule has 4 nitrogen and oxygen atoms in total. The van der Waals surface area contributed by atoms with E-state index in [1.165, 1.54) is 24.0 Å². The molecule has 2 aliphatic carbocycles. The summed E-state index contributed by atoms with van der Waals surface area (Å²) in [6.45, 7) is 4.50. The number of carbonyl (C=O) groups is 1. The standard InChI is InChI=1S/C22H26N2O2/c1-3-26-22(25)20-14-23-24(21(20)16-10-11-16)19-9-5-8-18(13-19)17-7-4-6-15(2)12-17/h5,8-9,12-16H,3-4,6-7,10-11H2,1-2H3. The molecule has 0 N–H and O–H groups in total. The number of aromatic nitrogens is 2. The third-order valence-electron chi connectivity index (χ3n) is 5.32. The molecule has 1 atom stereocenters. The van der Waals surface area contributed by atoms with Gasteiger partial charge in [-0.25, -0.2) is 9.48 Å². The van der Waals surface area contributed by atoms with Crippen LogP contribution in [0, 0.1) is 5.92 Å². The molecule has 1 unspecified atom stereocenters. The van der Waals surface area contributed by atoms with E-state index in [0.29, 0.717) is 24.0 Å². The number of hydrogen-bond acceptors (Lipinski definition) is 3. The minimum absolute atomic E-state index is 0.263. The fourth-order valence-electron chi connectivity index (χ4n) is 3.88. The predicted octanol–water partition coefficient (Wildman–Crippen LogP) is 5.13. The molecule has 1 aromatic heterocycles. The normalized spacial score (nSPS) is 19.9. The van der Waals surface area contributed by atoms with Crippen molar-refractivity contribution in [1.29, 1.82) is 0 Å². The van der Waals surface area contributed by atoms with Crippen molar-refractivity contribution in [3.8, 4) is 5.69 Å². The van der Waals surface area contributed by atoms with Crippen LogP contribution in [0.2, 0.25) is 0 Å². The Kier molecular flexibility index (Phi) is 4.66. The average Bonchev–Trinajstić information content (AvgIpc) is 3.40. The second-order valence-electron chi connectivity index (χ2n) is 7.46. The van der Waals surface area contributed by atoms with Crippen LogP contribution in [0.15, 0.2) is 36.5 Å². The molecule has 1 saturated carbocycles. The molecule has 4 rings (SSSR count). The minimum Gasteiger partial charge on any atom is -0.462 e. The molecule has 1 aromatic carbocycles. The average molecular weight is 350 g/mol. The van der Waals surface area contributed by atoms with Gasteiger partial charge in [-0.1, -0.05) is 25.1 Å². The van der Waals surface area contributed by atoms with Gasteiger partial charge in [0.1, 0.15) is 5.56 Å². The van der Waals surface area contributed by atoms with E-state index in [1.54, 1.807) is 6.20 Å². The molecule has 136 valence electrons. The Balaban J connectivity index is 1.72. The summed E-state index contributed by atoms with van der Waals surface area (Å²) in [6, 6.07) is 8.55. The second-order valence-corrected chi connectivity index (χ2v) is 7.46. The number of esters is 1. The Morgan fingerprint density at radius 2 is 2.15 bits per heavy atom. The Bertz CT molecular complexity index is 846. The predicted molar refractivity (Wildman–Crippen MR) is 102 cm³/mol. The van der Waals surface area contributed by atoms with Crippen LogP contribution in [0.3, 0.4) is 0 Å². The topological polar surface area (TPSA) is 44.1 Å². The van der Waals surface area contributed by atoms with Gasteiger partial charge in [-0.2, -0.15) is 5.10 Å². The van der Waals surface area contributed by atoms with E-state index in [-0.39, 0.29) is 5.97 Å². The number of nitrogens with zero attached hydrogens (tertiary/aromatic N) is 2. The SMILES string of the molecule is CCOC(=O)c1cnn(-c2cccc(C3=CC(C)CCC3)c2)c1C1CC1. The molecule has 0 spiro atoms. The molecule has 1 heterocycles. The molecular weight excluding hydrogens is 324 g/mol. The van der Waals surface area contributed by atoms with E-state index in [1.807, 2.05) is 11.6 Å². The first-order valence-corrected chi connectivity index (χ1v) is 9.74. The van der Waals surface area contributed by atoms with Gasteiger partial charge in [0.05, 0.1) is 24.2 Å². The summed E-state index contributed by atoms with van der Waals surface area (Å²) in [6.07, 6.45) is 9.95. The lowest BCUT2D eigenvalue weighted by molar-refractivity contribution is 0.0525. The van der Waals surface area contributed by atoms with Crippen molar-refractivity contribution in [2.45, 2.75) is 51.9 Å².